The van der Waals surface area contributed by atoms with Gasteiger partial charge in [-0.05, 0) is 30.9 Å². The molecule has 0 radical (unpaired) electrons. The molecule has 1 fully saturated rings. The Bertz CT molecular complexity index is 352. The summed E-state index contributed by atoms with van der Waals surface area (Å²) in [6.45, 7) is 2.16. The summed E-state index contributed by atoms with van der Waals surface area (Å²) in [5, 5.41) is 9.35. The molecule has 0 N–H and O–H groups in total. The molecule has 2 atom stereocenters. The predicted octanol–water partition coefficient (Wildman–Crippen LogP) is 2.66. The van der Waals surface area contributed by atoms with Crippen molar-refractivity contribution in [2.75, 3.05) is 0 Å². The molecule has 1 aliphatic rings. The smallest absolute Gasteiger partial charge is 0.102 e. The second-order valence-electron chi connectivity index (χ2n) is 4.09. The molecule has 0 amide bonds. The SMILES string of the molecule is CC1CCCC1(C#N)c1ccccn1. The first kappa shape index (κ1) is 9.21. The summed E-state index contributed by atoms with van der Waals surface area (Å²) >= 11 is 0. The molecule has 2 heteroatoms. The Morgan fingerprint density at radius 1 is 1.57 bits per heavy atom. The average molecular weight is 186 g/mol. The molecule has 1 aliphatic carbocycles. The minimum absolute atomic E-state index is 0.318. The van der Waals surface area contributed by atoms with Crippen LogP contribution in [0, 0.1) is 17.2 Å². The van der Waals surface area contributed by atoms with Crippen LogP contribution >= 0.6 is 0 Å². The summed E-state index contributed by atoms with van der Waals surface area (Å²) in [7, 11) is 0. The first-order valence-corrected chi connectivity index (χ1v) is 5.12. The monoisotopic (exact) mass is 186 g/mol. The molecule has 0 aromatic carbocycles. The van der Waals surface area contributed by atoms with E-state index in [2.05, 4.69) is 18.0 Å². The van der Waals surface area contributed by atoms with E-state index in [-0.39, 0.29) is 5.41 Å². The molecule has 0 saturated heterocycles. The van der Waals surface area contributed by atoms with E-state index in [9.17, 15) is 5.26 Å². The van der Waals surface area contributed by atoms with Crippen LogP contribution in [-0.2, 0) is 5.41 Å². The third kappa shape index (κ3) is 1.21. The molecule has 2 rings (SSSR count). The van der Waals surface area contributed by atoms with Gasteiger partial charge in [0.25, 0.3) is 0 Å². The Morgan fingerprint density at radius 3 is 2.93 bits per heavy atom. The number of hydrogen-bond acceptors (Lipinski definition) is 2. The first-order valence-electron chi connectivity index (χ1n) is 5.12. The Kier molecular flexibility index (Phi) is 2.25. The van der Waals surface area contributed by atoms with Crippen LogP contribution in [0.3, 0.4) is 0 Å². The Balaban J connectivity index is 2.44. The van der Waals surface area contributed by atoms with E-state index in [0.29, 0.717) is 5.92 Å². The number of hydrogen-bond donors (Lipinski definition) is 0. The predicted molar refractivity (Wildman–Crippen MR) is 54.5 cm³/mol. The minimum Gasteiger partial charge on any atom is -0.260 e. The van der Waals surface area contributed by atoms with Gasteiger partial charge in [0.2, 0.25) is 0 Å². The largest absolute Gasteiger partial charge is 0.260 e. The standard InChI is InChI=1S/C12H14N2/c1-10-5-4-7-12(10,9-13)11-6-2-3-8-14-11/h2-3,6,8,10H,4-5,7H2,1H3. The molecule has 1 aromatic heterocycles. The van der Waals surface area contributed by atoms with Gasteiger partial charge in [-0.15, -0.1) is 0 Å². The molecular formula is C12H14N2. The van der Waals surface area contributed by atoms with Gasteiger partial charge in [-0.25, -0.2) is 0 Å². The lowest BCUT2D eigenvalue weighted by Crippen LogP contribution is -2.27. The van der Waals surface area contributed by atoms with Crippen LogP contribution in [0.5, 0.6) is 0 Å². The Labute approximate surface area is 84.6 Å². The zero-order chi connectivity index (χ0) is 10.0. The van der Waals surface area contributed by atoms with E-state index in [4.69, 9.17) is 0 Å². The Morgan fingerprint density at radius 2 is 2.43 bits per heavy atom. The van der Waals surface area contributed by atoms with Gasteiger partial charge in [-0.2, -0.15) is 5.26 Å². The third-order valence-electron chi connectivity index (χ3n) is 3.37. The quantitative estimate of drug-likeness (QED) is 0.676. The van der Waals surface area contributed by atoms with E-state index in [1.165, 1.54) is 0 Å². The van der Waals surface area contributed by atoms with Crippen LogP contribution in [0.25, 0.3) is 0 Å². The van der Waals surface area contributed by atoms with Crippen LogP contribution in [0.15, 0.2) is 24.4 Å². The summed E-state index contributed by atoms with van der Waals surface area (Å²) in [6.07, 6.45) is 5.02. The molecule has 0 bridgehead atoms. The lowest BCUT2D eigenvalue weighted by Gasteiger charge is -2.24. The molecular weight excluding hydrogens is 172 g/mol. The number of nitriles is 1. The van der Waals surface area contributed by atoms with Gasteiger partial charge in [0.15, 0.2) is 0 Å². The van der Waals surface area contributed by atoms with Crippen LogP contribution in [0.1, 0.15) is 31.9 Å². The van der Waals surface area contributed by atoms with Gasteiger partial charge in [-0.1, -0.05) is 19.4 Å². The fourth-order valence-electron chi connectivity index (χ4n) is 2.41. The van der Waals surface area contributed by atoms with Crippen molar-refractivity contribution in [3.63, 3.8) is 0 Å². The highest BCUT2D eigenvalue weighted by Gasteiger charge is 2.43. The summed E-state index contributed by atoms with van der Waals surface area (Å²) in [5.74, 6) is 0.433. The van der Waals surface area contributed by atoms with E-state index < -0.39 is 0 Å². The van der Waals surface area contributed by atoms with Crippen molar-refractivity contribution < 1.29 is 0 Å². The van der Waals surface area contributed by atoms with Crippen molar-refractivity contribution in [1.29, 1.82) is 5.26 Å². The van der Waals surface area contributed by atoms with Crippen molar-refractivity contribution in [1.82, 2.24) is 4.98 Å². The number of rotatable bonds is 1. The zero-order valence-corrected chi connectivity index (χ0v) is 8.40. The van der Waals surface area contributed by atoms with Gasteiger partial charge in [0.1, 0.15) is 5.41 Å². The number of aromatic nitrogens is 1. The number of nitrogens with zero attached hydrogens (tertiary/aromatic N) is 2. The van der Waals surface area contributed by atoms with E-state index in [0.717, 1.165) is 25.0 Å². The van der Waals surface area contributed by atoms with Crippen molar-refractivity contribution in [2.45, 2.75) is 31.6 Å². The van der Waals surface area contributed by atoms with Crippen molar-refractivity contribution in [3.8, 4) is 6.07 Å². The lowest BCUT2D eigenvalue weighted by atomic mass is 9.77. The molecule has 0 spiro atoms. The highest BCUT2D eigenvalue weighted by atomic mass is 14.7. The maximum atomic E-state index is 9.35. The van der Waals surface area contributed by atoms with Crippen LogP contribution in [0.4, 0.5) is 0 Å². The van der Waals surface area contributed by atoms with Crippen LogP contribution in [0.2, 0.25) is 0 Å². The third-order valence-corrected chi connectivity index (χ3v) is 3.37. The maximum Gasteiger partial charge on any atom is 0.102 e. The summed E-state index contributed by atoms with van der Waals surface area (Å²) < 4.78 is 0. The molecule has 2 nitrogen and oxygen atoms in total. The van der Waals surface area contributed by atoms with Crippen molar-refractivity contribution >= 4 is 0 Å². The highest BCUT2D eigenvalue weighted by Crippen LogP contribution is 2.44. The molecule has 1 aromatic rings. The fraction of sp³-hybridized carbons (Fsp3) is 0.500. The van der Waals surface area contributed by atoms with Crippen molar-refractivity contribution in [2.24, 2.45) is 5.92 Å². The van der Waals surface area contributed by atoms with Gasteiger partial charge in [0, 0.05) is 6.20 Å². The summed E-state index contributed by atoms with van der Waals surface area (Å²) in [6, 6.07) is 8.32. The average Bonchev–Trinajstić information content (AvgIpc) is 2.62. The van der Waals surface area contributed by atoms with E-state index in [1.807, 2.05) is 18.2 Å². The van der Waals surface area contributed by atoms with Gasteiger partial charge in [-0.3, -0.25) is 4.98 Å². The van der Waals surface area contributed by atoms with Gasteiger partial charge >= 0.3 is 0 Å². The number of pyridine rings is 1. The normalized spacial score (nSPS) is 31.3. The van der Waals surface area contributed by atoms with Crippen LogP contribution in [-0.4, -0.2) is 4.98 Å². The molecule has 1 saturated carbocycles. The van der Waals surface area contributed by atoms with E-state index in [1.54, 1.807) is 6.20 Å². The van der Waals surface area contributed by atoms with Gasteiger partial charge < -0.3 is 0 Å². The minimum atomic E-state index is -0.318. The van der Waals surface area contributed by atoms with E-state index >= 15 is 0 Å². The molecule has 1 heterocycles. The molecule has 14 heavy (non-hydrogen) atoms. The Hall–Kier alpha value is -1.36. The first-order chi connectivity index (χ1) is 6.79. The van der Waals surface area contributed by atoms with Crippen LogP contribution < -0.4 is 0 Å². The summed E-state index contributed by atoms with van der Waals surface area (Å²) in [5.41, 5.74) is 0.633. The maximum absolute atomic E-state index is 9.35. The van der Waals surface area contributed by atoms with Gasteiger partial charge in [0.05, 0.1) is 11.8 Å². The molecule has 72 valence electrons. The zero-order valence-electron chi connectivity index (χ0n) is 8.40. The second-order valence-corrected chi connectivity index (χ2v) is 4.09. The van der Waals surface area contributed by atoms with Crippen molar-refractivity contribution in [3.05, 3.63) is 30.1 Å². The lowest BCUT2D eigenvalue weighted by molar-refractivity contribution is 0.420. The molecule has 0 aliphatic heterocycles. The summed E-state index contributed by atoms with van der Waals surface area (Å²) in [4.78, 5) is 4.33. The molecule has 2 unspecified atom stereocenters. The fourth-order valence-corrected chi connectivity index (χ4v) is 2.41. The topological polar surface area (TPSA) is 36.7 Å². The second kappa shape index (κ2) is 3.42. The highest BCUT2D eigenvalue weighted by molar-refractivity contribution is 5.29.